The summed E-state index contributed by atoms with van der Waals surface area (Å²) in [6, 6.07) is 0. The first-order chi connectivity index (χ1) is 10.6. The lowest BCUT2D eigenvalue weighted by molar-refractivity contribution is -0.0461. The number of fused-ring (bicyclic) bond motifs is 1. The number of aliphatic hydroxyl groups is 3. The van der Waals surface area contributed by atoms with Gasteiger partial charge in [0.1, 0.15) is 0 Å². The SMILES string of the molecule is CC(C)=CCC[C@@H](C)[C@H]1[C@@H](O)[C@@H]2C(C)=CC[C@H]2[C@@](C)(O)C[C@H]1O. The largest absolute Gasteiger partial charge is 0.393 e. The lowest BCUT2D eigenvalue weighted by atomic mass is 9.74. The van der Waals surface area contributed by atoms with Crippen LogP contribution in [0, 0.1) is 23.7 Å². The average Bonchev–Trinajstić information content (AvgIpc) is 2.77. The standard InChI is InChI=1S/C20H34O3/c1-12(2)7-6-8-13(3)18-16(21)11-20(5,23)15-10-9-14(4)17(15)19(18)22/h7,9,13,15-19,21-23H,6,8,10-11H2,1-5H3/t13-,15-,16-,17-,18-,19+,20+/m1/s1. The van der Waals surface area contributed by atoms with Gasteiger partial charge in [-0.25, -0.2) is 0 Å². The molecule has 2 rings (SSSR count). The van der Waals surface area contributed by atoms with Crippen molar-refractivity contribution < 1.29 is 15.3 Å². The molecule has 0 aromatic rings. The number of hydrogen-bond donors (Lipinski definition) is 3. The van der Waals surface area contributed by atoms with Crippen molar-refractivity contribution in [3.8, 4) is 0 Å². The second-order valence-corrected chi connectivity index (χ2v) is 8.35. The van der Waals surface area contributed by atoms with Crippen molar-refractivity contribution >= 4 is 0 Å². The first kappa shape index (κ1) is 18.7. The Hall–Kier alpha value is -0.640. The van der Waals surface area contributed by atoms with Gasteiger partial charge in [0.15, 0.2) is 0 Å². The van der Waals surface area contributed by atoms with E-state index in [0.29, 0.717) is 6.42 Å². The van der Waals surface area contributed by atoms with Crippen molar-refractivity contribution in [1.82, 2.24) is 0 Å². The van der Waals surface area contributed by atoms with Crippen LogP contribution in [0.1, 0.15) is 60.3 Å². The lowest BCUT2D eigenvalue weighted by Crippen LogP contribution is -2.40. The summed E-state index contributed by atoms with van der Waals surface area (Å²) in [5.74, 6) is 0.0298. The van der Waals surface area contributed by atoms with Gasteiger partial charge in [-0.2, -0.15) is 0 Å². The average molecular weight is 322 g/mol. The van der Waals surface area contributed by atoms with E-state index in [0.717, 1.165) is 19.3 Å². The Kier molecular flexibility index (Phi) is 5.76. The first-order valence-electron chi connectivity index (χ1n) is 9.03. The molecule has 0 heterocycles. The van der Waals surface area contributed by atoms with Gasteiger partial charge in [0, 0.05) is 18.3 Å². The van der Waals surface area contributed by atoms with Crippen LogP contribution in [0.25, 0.3) is 0 Å². The highest BCUT2D eigenvalue weighted by Crippen LogP contribution is 2.49. The molecule has 132 valence electrons. The van der Waals surface area contributed by atoms with Gasteiger partial charge in [-0.05, 0) is 58.8 Å². The third-order valence-corrected chi connectivity index (χ3v) is 6.11. The quantitative estimate of drug-likeness (QED) is 0.695. The van der Waals surface area contributed by atoms with Gasteiger partial charge in [-0.15, -0.1) is 0 Å². The van der Waals surface area contributed by atoms with Gasteiger partial charge in [0.2, 0.25) is 0 Å². The van der Waals surface area contributed by atoms with Crippen molar-refractivity contribution in [3.05, 3.63) is 23.3 Å². The predicted molar refractivity (Wildman–Crippen MR) is 93.9 cm³/mol. The molecule has 1 fully saturated rings. The van der Waals surface area contributed by atoms with Crippen molar-refractivity contribution in [2.24, 2.45) is 23.7 Å². The van der Waals surface area contributed by atoms with Gasteiger partial charge in [0.05, 0.1) is 17.8 Å². The van der Waals surface area contributed by atoms with Crippen molar-refractivity contribution in [1.29, 1.82) is 0 Å². The molecule has 23 heavy (non-hydrogen) atoms. The normalized spacial score (nSPS) is 41.7. The zero-order valence-electron chi connectivity index (χ0n) is 15.3. The monoisotopic (exact) mass is 322 g/mol. The van der Waals surface area contributed by atoms with E-state index in [2.05, 4.69) is 32.9 Å². The zero-order chi connectivity index (χ0) is 17.4. The summed E-state index contributed by atoms with van der Waals surface area (Å²) >= 11 is 0. The van der Waals surface area contributed by atoms with Crippen LogP contribution in [0.15, 0.2) is 23.3 Å². The van der Waals surface area contributed by atoms with Crippen LogP contribution < -0.4 is 0 Å². The first-order valence-corrected chi connectivity index (χ1v) is 9.03. The molecule has 0 unspecified atom stereocenters. The van der Waals surface area contributed by atoms with E-state index >= 15 is 0 Å². The Labute approximate surface area is 141 Å². The lowest BCUT2D eigenvalue weighted by Gasteiger charge is -2.35. The molecule has 0 amide bonds. The number of allylic oxidation sites excluding steroid dienone is 3. The molecule has 3 N–H and O–H groups in total. The summed E-state index contributed by atoms with van der Waals surface area (Å²) in [6.07, 6.45) is 6.20. The minimum Gasteiger partial charge on any atom is -0.393 e. The summed E-state index contributed by atoms with van der Waals surface area (Å²) in [7, 11) is 0. The van der Waals surface area contributed by atoms with Crippen LogP contribution in [-0.4, -0.2) is 33.1 Å². The fourth-order valence-electron chi connectivity index (χ4n) is 4.78. The zero-order valence-corrected chi connectivity index (χ0v) is 15.3. The molecule has 1 saturated carbocycles. The molecule has 3 heteroatoms. The molecule has 0 saturated heterocycles. The third-order valence-electron chi connectivity index (χ3n) is 6.11. The Morgan fingerprint density at radius 1 is 1.39 bits per heavy atom. The highest BCUT2D eigenvalue weighted by Gasteiger charge is 2.52. The Morgan fingerprint density at radius 3 is 2.65 bits per heavy atom. The van der Waals surface area contributed by atoms with E-state index < -0.39 is 17.8 Å². The van der Waals surface area contributed by atoms with Gasteiger partial charge >= 0.3 is 0 Å². The number of aliphatic hydroxyl groups excluding tert-OH is 2. The van der Waals surface area contributed by atoms with Crippen LogP contribution in [0.3, 0.4) is 0 Å². The van der Waals surface area contributed by atoms with Crippen LogP contribution >= 0.6 is 0 Å². The minimum absolute atomic E-state index is 0.0159. The van der Waals surface area contributed by atoms with Crippen LogP contribution in [0.2, 0.25) is 0 Å². The van der Waals surface area contributed by atoms with Gasteiger partial charge < -0.3 is 15.3 Å². The summed E-state index contributed by atoms with van der Waals surface area (Å²) in [6.45, 7) is 10.2. The van der Waals surface area contributed by atoms with E-state index in [-0.39, 0.29) is 23.7 Å². The van der Waals surface area contributed by atoms with Crippen molar-refractivity contribution in [2.45, 2.75) is 78.1 Å². The number of hydrogen-bond acceptors (Lipinski definition) is 3. The van der Waals surface area contributed by atoms with E-state index in [1.807, 2.05) is 13.8 Å². The van der Waals surface area contributed by atoms with Crippen molar-refractivity contribution in [2.75, 3.05) is 0 Å². The van der Waals surface area contributed by atoms with Crippen molar-refractivity contribution in [3.63, 3.8) is 0 Å². The fourth-order valence-corrected chi connectivity index (χ4v) is 4.78. The summed E-state index contributed by atoms with van der Waals surface area (Å²) in [4.78, 5) is 0. The van der Waals surface area contributed by atoms with Gasteiger partial charge in [-0.1, -0.05) is 30.2 Å². The molecule has 7 atom stereocenters. The van der Waals surface area contributed by atoms with E-state index in [9.17, 15) is 15.3 Å². The topological polar surface area (TPSA) is 60.7 Å². The maximum absolute atomic E-state index is 11.0. The predicted octanol–water partition coefficient (Wildman–Crippen LogP) is 3.44. The Bertz CT molecular complexity index is 473. The Morgan fingerprint density at radius 2 is 2.04 bits per heavy atom. The molecule has 0 aromatic carbocycles. The molecular formula is C20H34O3. The fraction of sp³-hybridized carbons (Fsp3) is 0.800. The second-order valence-electron chi connectivity index (χ2n) is 8.35. The Balaban J connectivity index is 2.21. The molecule has 0 radical (unpaired) electrons. The van der Waals surface area contributed by atoms with E-state index in [1.54, 1.807) is 0 Å². The van der Waals surface area contributed by atoms with Gasteiger partial charge in [0.25, 0.3) is 0 Å². The van der Waals surface area contributed by atoms with E-state index in [4.69, 9.17) is 0 Å². The summed E-state index contributed by atoms with van der Waals surface area (Å²) < 4.78 is 0. The van der Waals surface area contributed by atoms with Crippen LogP contribution in [0.4, 0.5) is 0 Å². The molecular weight excluding hydrogens is 288 g/mol. The van der Waals surface area contributed by atoms with Gasteiger partial charge in [-0.3, -0.25) is 0 Å². The van der Waals surface area contributed by atoms with Crippen LogP contribution in [0.5, 0.6) is 0 Å². The molecule has 0 spiro atoms. The maximum atomic E-state index is 11.0. The molecule has 2 aliphatic carbocycles. The van der Waals surface area contributed by atoms with Crippen LogP contribution in [-0.2, 0) is 0 Å². The highest BCUT2D eigenvalue weighted by atomic mass is 16.3. The highest BCUT2D eigenvalue weighted by molar-refractivity contribution is 5.20. The molecule has 2 aliphatic rings. The summed E-state index contributed by atoms with van der Waals surface area (Å²) in [5.41, 5.74) is 1.54. The smallest absolute Gasteiger partial charge is 0.0682 e. The third kappa shape index (κ3) is 3.89. The molecule has 0 aromatic heterocycles. The summed E-state index contributed by atoms with van der Waals surface area (Å²) in [5, 5.41) is 32.6. The molecule has 0 aliphatic heterocycles. The minimum atomic E-state index is -0.923. The number of rotatable bonds is 4. The molecule has 0 bridgehead atoms. The second kappa shape index (κ2) is 7.08. The van der Waals surface area contributed by atoms with E-state index in [1.165, 1.54) is 11.1 Å². The molecule has 3 nitrogen and oxygen atoms in total. The maximum Gasteiger partial charge on any atom is 0.0682 e.